The molecule has 1 aromatic carbocycles. The van der Waals surface area contributed by atoms with Crippen molar-refractivity contribution < 1.29 is 22.7 Å². The largest absolute Gasteiger partial charge is 0.488 e. The highest BCUT2D eigenvalue weighted by atomic mass is 35.5. The van der Waals surface area contributed by atoms with E-state index in [1.165, 1.54) is 21.1 Å². The number of ether oxygens (including phenoxy) is 2. The number of hydrogen-bond acceptors (Lipinski definition) is 5. The third kappa shape index (κ3) is 4.63. The van der Waals surface area contributed by atoms with Crippen LogP contribution >= 0.6 is 23.2 Å². The highest BCUT2D eigenvalue weighted by molar-refractivity contribution is 7.89. The first-order chi connectivity index (χ1) is 13.3. The molecule has 0 bridgehead atoms. The predicted octanol–water partition coefficient (Wildman–Crippen LogP) is 3.35. The Kier molecular flexibility index (Phi) is 6.54. The Morgan fingerprint density at radius 2 is 1.86 bits per heavy atom. The molecular weight excluding hydrogens is 427 g/mol. The SMILES string of the molecule is Cn1cc(S(=O)(=O)N2CCCC2)cc1C(=O)OCCOc1ccc(Cl)cc1Cl. The molecule has 152 valence electrons. The van der Waals surface area contributed by atoms with Crippen molar-refractivity contribution in [2.45, 2.75) is 17.7 Å². The number of esters is 1. The van der Waals surface area contributed by atoms with Gasteiger partial charge in [0.1, 0.15) is 29.6 Å². The minimum absolute atomic E-state index is 0.0167. The van der Waals surface area contributed by atoms with Crippen molar-refractivity contribution in [3.05, 3.63) is 46.2 Å². The maximum atomic E-state index is 12.6. The van der Waals surface area contributed by atoms with E-state index < -0.39 is 16.0 Å². The third-order valence-electron chi connectivity index (χ3n) is 4.36. The van der Waals surface area contributed by atoms with E-state index in [1.807, 2.05) is 0 Å². The predicted molar refractivity (Wildman–Crippen MR) is 106 cm³/mol. The molecule has 0 unspecified atom stereocenters. The topological polar surface area (TPSA) is 77.8 Å². The smallest absolute Gasteiger partial charge is 0.355 e. The van der Waals surface area contributed by atoms with Crippen molar-refractivity contribution in [2.75, 3.05) is 26.3 Å². The summed E-state index contributed by atoms with van der Waals surface area (Å²) in [7, 11) is -1.99. The third-order valence-corrected chi connectivity index (χ3v) is 6.75. The maximum absolute atomic E-state index is 12.6. The second-order valence-corrected chi connectivity index (χ2v) is 9.12. The number of aromatic nitrogens is 1. The summed E-state index contributed by atoms with van der Waals surface area (Å²) in [6.45, 7) is 1.08. The molecule has 0 amide bonds. The molecule has 2 heterocycles. The molecule has 1 saturated heterocycles. The monoisotopic (exact) mass is 446 g/mol. The first-order valence-electron chi connectivity index (χ1n) is 8.70. The molecule has 1 fully saturated rings. The fraction of sp³-hybridized carbons (Fsp3) is 0.389. The molecule has 3 rings (SSSR count). The van der Waals surface area contributed by atoms with Crippen LogP contribution in [0.4, 0.5) is 0 Å². The molecule has 28 heavy (non-hydrogen) atoms. The fourth-order valence-electron chi connectivity index (χ4n) is 2.91. The summed E-state index contributed by atoms with van der Waals surface area (Å²) in [6, 6.07) is 6.16. The van der Waals surface area contributed by atoms with Crippen LogP contribution in [0, 0.1) is 0 Å². The van der Waals surface area contributed by atoms with Gasteiger partial charge in [0.25, 0.3) is 0 Å². The number of rotatable bonds is 7. The van der Waals surface area contributed by atoms with E-state index >= 15 is 0 Å². The van der Waals surface area contributed by atoms with Gasteiger partial charge in [0.05, 0.1) is 5.02 Å². The molecule has 10 heteroatoms. The number of benzene rings is 1. The molecule has 0 radical (unpaired) electrons. The molecule has 0 saturated carbocycles. The number of aryl methyl sites for hydroxylation is 1. The second kappa shape index (κ2) is 8.73. The zero-order valence-corrected chi connectivity index (χ0v) is 17.6. The first-order valence-corrected chi connectivity index (χ1v) is 10.9. The van der Waals surface area contributed by atoms with Gasteiger partial charge in [-0.1, -0.05) is 23.2 Å². The summed E-state index contributed by atoms with van der Waals surface area (Å²) in [6.07, 6.45) is 3.12. The molecule has 0 N–H and O–H groups in total. The van der Waals surface area contributed by atoms with Crippen LogP contribution < -0.4 is 4.74 Å². The maximum Gasteiger partial charge on any atom is 0.355 e. The van der Waals surface area contributed by atoms with Crippen LogP contribution in [0.25, 0.3) is 0 Å². The van der Waals surface area contributed by atoms with Crippen LogP contribution in [-0.4, -0.2) is 49.6 Å². The van der Waals surface area contributed by atoms with Crippen LogP contribution in [0.5, 0.6) is 5.75 Å². The van der Waals surface area contributed by atoms with Gasteiger partial charge in [-0.05, 0) is 37.1 Å². The van der Waals surface area contributed by atoms with Crippen LogP contribution in [0.3, 0.4) is 0 Å². The minimum Gasteiger partial charge on any atom is -0.488 e. The van der Waals surface area contributed by atoms with Crippen LogP contribution in [0.2, 0.25) is 10.0 Å². The lowest BCUT2D eigenvalue weighted by atomic mass is 10.3. The number of sulfonamides is 1. The Bertz CT molecular complexity index is 968. The summed E-state index contributed by atoms with van der Waals surface area (Å²) in [4.78, 5) is 12.4. The Balaban J connectivity index is 1.58. The number of carbonyl (C=O) groups excluding carboxylic acids is 1. The van der Waals surface area contributed by atoms with Gasteiger partial charge in [-0.25, -0.2) is 13.2 Å². The van der Waals surface area contributed by atoms with E-state index in [1.54, 1.807) is 25.2 Å². The van der Waals surface area contributed by atoms with Crippen LogP contribution in [0.15, 0.2) is 35.4 Å². The molecule has 0 atom stereocenters. The van der Waals surface area contributed by atoms with Crippen molar-refractivity contribution in [3.8, 4) is 5.75 Å². The highest BCUT2D eigenvalue weighted by Crippen LogP contribution is 2.27. The Hall–Kier alpha value is -1.74. The lowest BCUT2D eigenvalue weighted by molar-refractivity contribution is 0.0439. The molecule has 7 nitrogen and oxygen atoms in total. The minimum atomic E-state index is -3.59. The summed E-state index contributed by atoms with van der Waals surface area (Å²) in [5, 5.41) is 0.852. The summed E-state index contributed by atoms with van der Waals surface area (Å²) >= 11 is 11.8. The molecule has 2 aromatic rings. The molecule has 0 spiro atoms. The average Bonchev–Trinajstić information content (AvgIpc) is 3.30. The zero-order valence-electron chi connectivity index (χ0n) is 15.2. The van der Waals surface area contributed by atoms with Gasteiger partial charge < -0.3 is 14.0 Å². The number of nitrogens with zero attached hydrogens (tertiary/aromatic N) is 2. The molecular formula is C18H20Cl2N2O5S. The Labute approximate surface area is 173 Å². The zero-order chi connectivity index (χ0) is 20.3. The molecule has 1 aliphatic heterocycles. The van der Waals surface area contributed by atoms with Gasteiger partial charge >= 0.3 is 5.97 Å². The Morgan fingerprint density at radius 1 is 1.14 bits per heavy atom. The van der Waals surface area contributed by atoms with Gasteiger partial charge in [0.15, 0.2) is 0 Å². The van der Waals surface area contributed by atoms with E-state index in [0.717, 1.165) is 12.8 Å². The summed E-state index contributed by atoms with van der Waals surface area (Å²) < 4.78 is 38.7. The lowest BCUT2D eigenvalue weighted by Crippen LogP contribution is -2.27. The van der Waals surface area contributed by atoms with E-state index in [-0.39, 0.29) is 23.8 Å². The quantitative estimate of drug-likeness (QED) is 0.481. The molecule has 1 aromatic heterocycles. The van der Waals surface area contributed by atoms with E-state index in [4.69, 9.17) is 32.7 Å². The standard InChI is InChI=1S/C18H20Cl2N2O5S/c1-21-12-14(28(24,25)22-6-2-3-7-22)11-16(21)18(23)27-9-8-26-17-5-4-13(19)10-15(17)20/h4-5,10-12H,2-3,6-9H2,1H3. The average molecular weight is 447 g/mol. The van der Waals surface area contributed by atoms with Crippen molar-refractivity contribution >= 4 is 39.2 Å². The van der Waals surface area contributed by atoms with Crippen molar-refractivity contribution in [1.29, 1.82) is 0 Å². The second-order valence-electron chi connectivity index (χ2n) is 6.34. The highest BCUT2D eigenvalue weighted by Gasteiger charge is 2.29. The van der Waals surface area contributed by atoms with Gasteiger partial charge in [0.2, 0.25) is 10.0 Å². The van der Waals surface area contributed by atoms with Crippen LogP contribution in [0.1, 0.15) is 23.3 Å². The first kappa shape index (κ1) is 21.0. The van der Waals surface area contributed by atoms with Crippen molar-refractivity contribution in [3.63, 3.8) is 0 Å². The van der Waals surface area contributed by atoms with Crippen molar-refractivity contribution in [1.82, 2.24) is 8.87 Å². The summed E-state index contributed by atoms with van der Waals surface area (Å²) in [5.41, 5.74) is 0.155. The van der Waals surface area contributed by atoms with Gasteiger partial charge in [-0.2, -0.15) is 4.31 Å². The van der Waals surface area contributed by atoms with Gasteiger partial charge in [-0.15, -0.1) is 0 Å². The van der Waals surface area contributed by atoms with Gasteiger partial charge in [0, 0.05) is 31.4 Å². The van der Waals surface area contributed by atoms with Gasteiger partial charge in [-0.3, -0.25) is 0 Å². The lowest BCUT2D eigenvalue weighted by Gasteiger charge is -2.13. The van der Waals surface area contributed by atoms with Crippen molar-refractivity contribution in [2.24, 2.45) is 7.05 Å². The van der Waals surface area contributed by atoms with E-state index in [2.05, 4.69) is 0 Å². The number of hydrogen-bond donors (Lipinski definition) is 0. The van der Waals surface area contributed by atoms with E-state index in [9.17, 15) is 13.2 Å². The number of carbonyl (C=O) groups is 1. The molecule has 0 aliphatic carbocycles. The van der Waals surface area contributed by atoms with E-state index in [0.29, 0.717) is 28.9 Å². The van der Waals surface area contributed by atoms with Crippen LogP contribution in [-0.2, 0) is 21.8 Å². The Morgan fingerprint density at radius 3 is 2.54 bits per heavy atom. The normalized spacial score (nSPS) is 15.0. The summed E-state index contributed by atoms with van der Waals surface area (Å²) in [5.74, 6) is -0.198. The number of halogens is 2. The molecule has 1 aliphatic rings. The fourth-order valence-corrected chi connectivity index (χ4v) is 4.96.